The van der Waals surface area contributed by atoms with E-state index in [1.54, 1.807) is 12.1 Å². The number of unbranched alkanes of at least 4 members (excludes halogenated alkanes) is 1. The Bertz CT molecular complexity index is 474. The summed E-state index contributed by atoms with van der Waals surface area (Å²) in [6.07, 6.45) is 1.14. The van der Waals surface area contributed by atoms with Gasteiger partial charge >= 0.3 is 0 Å². The Balaban J connectivity index is 2.34. The summed E-state index contributed by atoms with van der Waals surface area (Å²) in [5.74, 6) is 0.721. The quantitative estimate of drug-likeness (QED) is 0.810. The molecular weight excluding hydrogens is 262 g/mol. The van der Waals surface area contributed by atoms with Crippen LogP contribution >= 0.6 is 11.6 Å². The van der Waals surface area contributed by atoms with Crippen LogP contribution in [0.25, 0.3) is 0 Å². The van der Waals surface area contributed by atoms with Crippen molar-refractivity contribution in [1.29, 1.82) is 0 Å². The molecule has 0 saturated carbocycles. The average Bonchev–Trinajstić information content (AvgIpc) is 2.21. The summed E-state index contributed by atoms with van der Waals surface area (Å²) in [6.45, 7) is 2.38. The van der Waals surface area contributed by atoms with Gasteiger partial charge in [0.15, 0.2) is 0 Å². The summed E-state index contributed by atoms with van der Waals surface area (Å²) in [5, 5.41) is 5.51. The van der Waals surface area contributed by atoms with Gasteiger partial charge in [-0.1, -0.05) is 17.7 Å². The van der Waals surface area contributed by atoms with Gasteiger partial charge in [-0.05, 0) is 37.5 Å². The van der Waals surface area contributed by atoms with E-state index < -0.39 is 10.0 Å². The second-order valence-electron chi connectivity index (χ2n) is 3.83. The minimum absolute atomic E-state index is 0.00904. The summed E-state index contributed by atoms with van der Waals surface area (Å²) in [5.41, 5.74) is 1.00. The number of hydrogen-bond acceptors (Lipinski definition) is 3. The van der Waals surface area contributed by atoms with E-state index in [-0.39, 0.29) is 5.75 Å². The van der Waals surface area contributed by atoms with E-state index in [1.165, 1.54) is 0 Å². The van der Waals surface area contributed by atoms with E-state index in [2.05, 4.69) is 0 Å². The van der Waals surface area contributed by atoms with Crippen molar-refractivity contribution in [1.82, 2.24) is 0 Å². The van der Waals surface area contributed by atoms with Crippen molar-refractivity contribution in [3.05, 3.63) is 28.8 Å². The number of benzene rings is 1. The summed E-state index contributed by atoms with van der Waals surface area (Å²) in [4.78, 5) is 0. The molecule has 4 nitrogen and oxygen atoms in total. The van der Waals surface area contributed by atoms with Gasteiger partial charge in [0.05, 0.1) is 12.4 Å². The smallest absolute Gasteiger partial charge is 0.209 e. The summed E-state index contributed by atoms with van der Waals surface area (Å²) >= 11 is 5.84. The zero-order valence-electron chi connectivity index (χ0n) is 9.65. The van der Waals surface area contributed by atoms with Crippen LogP contribution in [0.15, 0.2) is 18.2 Å². The first-order chi connectivity index (χ1) is 7.88. The van der Waals surface area contributed by atoms with Crippen LogP contribution in [0.1, 0.15) is 18.4 Å². The van der Waals surface area contributed by atoms with Crippen LogP contribution < -0.4 is 9.88 Å². The Morgan fingerprint density at radius 3 is 2.71 bits per heavy atom. The van der Waals surface area contributed by atoms with Gasteiger partial charge in [-0.25, -0.2) is 13.6 Å². The van der Waals surface area contributed by atoms with Gasteiger partial charge in [0.1, 0.15) is 5.75 Å². The van der Waals surface area contributed by atoms with E-state index >= 15 is 0 Å². The highest BCUT2D eigenvalue weighted by Crippen LogP contribution is 2.22. The van der Waals surface area contributed by atoms with E-state index in [0.29, 0.717) is 24.5 Å². The molecule has 0 heterocycles. The number of halogens is 1. The Morgan fingerprint density at radius 1 is 1.35 bits per heavy atom. The second-order valence-corrected chi connectivity index (χ2v) is 6.00. The highest BCUT2D eigenvalue weighted by Gasteiger charge is 2.03. The standard InChI is InChI=1S/C11H16ClNO3S/c1-9-4-5-10(12)8-11(9)16-6-2-3-7-17(13,14)15/h4-5,8H,2-3,6-7H2,1H3,(H2,13,14,15). The number of primary sulfonamides is 1. The van der Waals surface area contributed by atoms with Crippen LogP contribution in [0.5, 0.6) is 5.75 Å². The van der Waals surface area contributed by atoms with Crippen LogP contribution in [-0.4, -0.2) is 20.8 Å². The second kappa shape index (κ2) is 6.23. The molecule has 0 unspecified atom stereocenters. The summed E-state index contributed by atoms with van der Waals surface area (Å²) in [7, 11) is -3.36. The topological polar surface area (TPSA) is 69.4 Å². The molecule has 96 valence electrons. The Labute approximate surface area is 107 Å². The Morgan fingerprint density at radius 2 is 2.06 bits per heavy atom. The van der Waals surface area contributed by atoms with Crippen LogP contribution in [0.2, 0.25) is 5.02 Å². The fourth-order valence-electron chi connectivity index (χ4n) is 1.32. The normalized spacial score (nSPS) is 11.5. The largest absolute Gasteiger partial charge is 0.493 e. The molecule has 0 radical (unpaired) electrons. The molecule has 0 fully saturated rings. The molecule has 0 amide bonds. The highest BCUT2D eigenvalue weighted by molar-refractivity contribution is 7.89. The van der Waals surface area contributed by atoms with E-state index in [4.69, 9.17) is 21.5 Å². The minimum Gasteiger partial charge on any atom is -0.493 e. The molecule has 0 saturated heterocycles. The van der Waals surface area contributed by atoms with Gasteiger partial charge in [-0.3, -0.25) is 0 Å². The lowest BCUT2D eigenvalue weighted by Gasteiger charge is -2.09. The monoisotopic (exact) mass is 277 g/mol. The van der Waals surface area contributed by atoms with Crippen molar-refractivity contribution < 1.29 is 13.2 Å². The number of sulfonamides is 1. The van der Waals surface area contributed by atoms with Gasteiger partial charge in [-0.2, -0.15) is 0 Å². The molecule has 2 N–H and O–H groups in total. The summed E-state index contributed by atoms with van der Waals surface area (Å²) < 4.78 is 26.9. The van der Waals surface area contributed by atoms with Gasteiger partial charge in [0, 0.05) is 5.02 Å². The first-order valence-electron chi connectivity index (χ1n) is 5.28. The maximum atomic E-state index is 10.7. The van der Waals surface area contributed by atoms with Crippen LogP contribution in [0, 0.1) is 6.92 Å². The number of ether oxygens (including phenoxy) is 1. The highest BCUT2D eigenvalue weighted by atomic mass is 35.5. The maximum absolute atomic E-state index is 10.7. The number of hydrogen-bond donors (Lipinski definition) is 1. The van der Waals surface area contributed by atoms with Crippen molar-refractivity contribution in [2.24, 2.45) is 5.14 Å². The molecule has 1 aromatic rings. The molecule has 0 aliphatic heterocycles. The Hall–Kier alpha value is -0.780. The van der Waals surface area contributed by atoms with Gasteiger partial charge in [0.25, 0.3) is 0 Å². The van der Waals surface area contributed by atoms with Crippen LogP contribution in [-0.2, 0) is 10.0 Å². The Kier molecular flexibility index (Phi) is 5.24. The minimum atomic E-state index is -3.36. The van der Waals surface area contributed by atoms with Crippen LogP contribution in [0.4, 0.5) is 0 Å². The molecule has 0 aliphatic carbocycles. The molecule has 1 aromatic carbocycles. The third-order valence-electron chi connectivity index (χ3n) is 2.23. The SMILES string of the molecule is Cc1ccc(Cl)cc1OCCCCS(N)(=O)=O. The number of rotatable bonds is 6. The van der Waals surface area contributed by atoms with E-state index in [0.717, 1.165) is 11.3 Å². The average molecular weight is 278 g/mol. The fraction of sp³-hybridized carbons (Fsp3) is 0.455. The van der Waals surface area contributed by atoms with Gasteiger partial charge < -0.3 is 4.74 Å². The molecular formula is C11H16ClNO3S. The van der Waals surface area contributed by atoms with Crippen molar-refractivity contribution >= 4 is 21.6 Å². The van der Waals surface area contributed by atoms with Crippen molar-refractivity contribution in [2.75, 3.05) is 12.4 Å². The molecule has 0 spiro atoms. The number of nitrogens with two attached hydrogens (primary N) is 1. The predicted molar refractivity (Wildman–Crippen MR) is 68.9 cm³/mol. The third-order valence-corrected chi connectivity index (χ3v) is 3.32. The zero-order chi connectivity index (χ0) is 12.9. The van der Waals surface area contributed by atoms with Crippen LogP contribution in [0.3, 0.4) is 0 Å². The molecule has 0 atom stereocenters. The summed E-state index contributed by atoms with van der Waals surface area (Å²) in [6, 6.07) is 5.42. The predicted octanol–water partition coefficient (Wildman–Crippen LogP) is 2.10. The van der Waals surface area contributed by atoms with Gasteiger partial charge in [0.2, 0.25) is 10.0 Å². The maximum Gasteiger partial charge on any atom is 0.209 e. The number of aryl methyl sites for hydroxylation is 1. The zero-order valence-corrected chi connectivity index (χ0v) is 11.2. The van der Waals surface area contributed by atoms with Gasteiger partial charge in [-0.15, -0.1) is 0 Å². The first-order valence-corrected chi connectivity index (χ1v) is 7.37. The fourth-order valence-corrected chi connectivity index (χ4v) is 2.09. The molecule has 0 aromatic heterocycles. The lowest BCUT2D eigenvalue weighted by molar-refractivity contribution is 0.307. The van der Waals surface area contributed by atoms with Crippen molar-refractivity contribution in [3.63, 3.8) is 0 Å². The van der Waals surface area contributed by atoms with Crippen molar-refractivity contribution in [2.45, 2.75) is 19.8 Å². The lowest BCUT2D eigenvalue weighted by atomic mass is 10.2. The molecule has 1 rings (SSSR count). The van der Waals surface area contributed by atoms with Crippen molar-refractivity contribution in [3.8, 4) is 5.75 Å². The lowest BCUT2D eigenvalue weighted by Crippen LogP contribution is -2.16. The molecule has 0 aliphatic rings. The molecule has 6 heteroatoms. The van der Waals surface area contributed by atoms with E-state index in [1.807, 2.05) is 13.0 Å². The van der Waals surface area contributed by atoms with E-state index in [9.17, 15) is 8.42 Å². The molecule has 0 bridgehead atoms. The first kappa shape index (κ1) is 14.3. The molecule has 17 heavy (non-hydrogen) atoms. The third kappa shape index (κ3) is 5.91.